The van der Waals surface area contributed by atoms with Crippen LogP contribution in [0.2, 0.25) is 5.02 Å². The van der Waals surface area contributed by atoms with Gasteiger partial charge in [0.2, 0.25) is 0 Å². The number of benzene rings is 1. The lowest BCUT2D eigenvalue weighted by molar-refractivity contribution is 0.570. The van der Waals surface area contributed by atoms with E-state index >= 15 is 0 Å². The highest BCUT2D eigenvalue weighted by Crippen LogP contribution is 2.21. The summed E-state index contributed by atoms with van der Waals surface area (Å²) in [4.78, 5) is 0. The van der Waals surface area contributed by atoms with Crippen LogP contribution in [0.5, 0.6) is 0 Å². The Kier molecular flexibility index (Phi) is 4.20. The molecule has 0 aliphatic carbocycles. The molecule has 1 aromatic carbocycles. The topological polar surface area (TPSA) is 50.1 Å². The van der Waals surface area contributed by atoms with E-state index in [2.05, 4.69) is 10.6 Å². The van der Waals surface area contributed by atoms with Gasteiger partial charge in [-0.3, -0.25) is 0 Å². The third-order valence-electron chi connectivity index (χ3n) is 2.95. The summed E-state index contributed by atoms with van der Waals surface area (Å²) in [5, 5.41) is 6.77. The molecule has 1 aliphatic heterocycles. The number of hydrogen-bond acceptors (Lipinski definition) is 3. The van der Waals surface area contributed by atoms with Gasteiger partial charge in [0.25, 0.3) is 0 Å². The molecule has 94 valence electrons. The van der Waals surface area contributed by atoms with Gasteiger partial charge < -0.3 is 16.4 Å². The summed E-state index contributed by atoms with van der Waals surface area (Å²) >= 11 is 5.74. The molecule has 0 amide bonds. The molecular formula is C12H17ClFN3. The van der Waals surface area contributed by atoms with Gasteiger partial charge in [0.1, 0.15) is 5.82 Å². The fraction of sp³-hybridized carbons (Fsp3) is 0.500. The van der Waals surface area contributed by atoms with E-state index in [1.165, 1.54) is 6.07 Å². The average molecular weight is 258 g/mol. The SMILES string of the molecule is NC1CNCCC(Nc2ccc(F)c(Cl)c2)C1. The van der Waals surface area contributed by atoms with Crippen molar-refractivity contribution in [3.8, 4) is 0 Å². The van der Waals surface area contributed by atoms with Gasteiger partial charge in [-0.15, -0.1) is 0 Å². The third-order valence-corrected chi connectivity index (χ3v) is 3.24. The molecule has 1 aromatic rings. The van der Waals surface area contributed by atoms with Crippen molar-refractivity contribution in [1.29, 1.82) is 0 Å². The smallest absolute Gasteiger partial charge is 0.141 e. The summed E-state index contributed by atoms with van der Waals surface area (Å²) in [6.45, 7) is 1.79. The molecule has 3 nitrogen and oxygen atoms in total. The molecule has 17 heavy (non-hydrogen) atoms. The Morgan fingerprint density at radius 2 is 2.29 bits per heavy atom. The molecule has 0 spiro atoms. The van der Waals surface area contributed by atoms with Crippen LogP contribution in [0.1, 0.15) is 12.8 Å². The lowest BCUT2D eigenvalue weighted by Crippen LogP contribution is -2.33. The summed E-state index contributed by atoms with van der Waals surface area (Å²) in [5.74, 6) is -0.392. The lowest BCUT2D eigenvalue weighted by Gasteiger charge is -2.19. The quantitative estimate of drug-likeness (QED) is 0.759. The molecule has 1 heterocycles. The Morgan fingerprint density at radius 3 is 3.06 bits per heavy atom. The normalized spacial score (nSPS) is 25.4. The van der Waals surface area contributed by atoms with Crippen LogP contribution >= 0.6 is 11.6 Å². The van der Waals surface area contributed by atoms with Crippen LogP contribution in [0, 0.1) is 5.82 Å². The van der Waals surface area contributed by atoms with E-state index in [9.17, 15) is 4.39 Å². The molecule has 0 bridgehead atoms. The third kappa shape index (κ3) is 3.56. The fourth-order valence-electron chi connectivity index (χ4n) is 2.08. The number of rotatable bonds is 2. The molecule has 0 radical (unpaired) electrons. The standard InChI is InChI=1S/C12H17ClFN3/c13-11-6-9(1-2-12(11)14)17-10-3-4-16-7-8(15)5-10/h1-2,6,8,10,16-17H,3-5,7,15H2. The highest BCUT2D eigenvalue weighted by Gasteiger charge is 2.17. The molecule has 1 aliphatic rings. The van der Waals surface area contributed by atoms with Crippen LogP contribution in [0.25, 0.3) is 0 Å². The Balaban J connectivity index is 2.01. The molecule has 0 aromatic heterocycles. The van der Waals surface area contributed by atoms with E-state index in [0.717, 1.165) is 31.6 Å². The summed E-state index contributed by atoms with van der Waals surface area (Å²) in [6, 6.07) is 5.15. The Hall–Kier alpha value is -0.840. The Bertz CT molecular complexity index is 386. The largest absolute Gasteiger partial charge is 0.382 e. The Labute approximate surface area is 106 Å². The average Bonchev–Trinajstić information content (AvgIpc) is 2.48. The number of anilines is 1. The molecular weight excluding hydrogens is 241 g/mol. The number of hydrogen-bond donors (Lipinski definition) is 3. The maximum absolute atomic E-state index is 13.0. The molecule has 5 heteroatoms. The summed E-state index contributed by atoms with van der Waals surface area (Å²) in [6.07, 6.45) is 1.91. The minimum absolute atomic E-state index is 0.144. The molecule has 1 fully saturated rings. The van der Waals surface area contributed by atoms with E-state index < -0.39 is 5.82 Å². The molecule has 2 atom stereocenters. The van der Waals surface area contributed by atoms with E-state index in [-0.39, 0.29) is 11.1 Å². The number of nitrogens with two attached hydrogens (primary N) is 1. The predicted octanol–water partition coefficient (Wildman–Crippen LogP) is 1.97. The molecule has 1 saturated heterocycles. The van der Waals surface area contributed by atoms with Gasteiger partial charge in [-0.05, 0) is 37.6 Å². The Morgan fingerprint density at radius 1 is 1.47 bits per heavy atom. The second-order valence-electron chi connectivity index (χ2n) is 4.46. The van der Waals surface area contributed by atoms with Gasteiger partial charge in [-0.1, -0.05) is 11.6 Å². The van der Waals surface area contributed by atoms with Crippen molar-refractivity contribution < 1.29 is 4.39 Å². The zero-order valence-electron chi connectivity index (χ0n) is 9.55. The second kappa shape index (κ2) is 5.67. The van der Waals surface area contributed by atoms with E-state index in [1.54, 1.807) is 12.1 Å². The fourth-order valence-corrected chi connectivity index (χ4v) is 2.26. The van der Waals surface area contributed by atoms with Crippen molar-refractivity contribution in [1.82, 2.24) is 5.32 Å². The van der Waals surface area contributed by atoms with Crippen LogP contribution < -0.4 is 16.4 Å². The minimum atomic E-state index is -0.392. The van der Waals surface area contributed by atoms with Crippen LogP contribution in [-0.4, -0.2) is 25.2 Å². The molecule has 0 saturated carbocycles. The maximum atomic E-state index is 13.0. The van der Waals surface area contributed by atoms with Gasteiger partial charge in [-0.2, -0.15) is 0 Å². The first kappa shape index (κ1) is 12.6. The van der Waals surface area contributed by atoms with Gasteiger partial charge in [-0.25, -0.2) is 4.39 Å². The zero-order chi connectivity index (χ0) is 12.3. The van der Waals surface area contributed by atoms with Crippen molar-refractivity contribution in [2.75, 3.05) is 18.4 Å². The van der Waals surface area contributed by atoms with Crippen LogP contribution in [0.4, 0.5) is 10.1 Å². The molecule has 2 rings (SSSR count). The maximum Gasteiger partial charge on any atom is 0.141 e. The van der Waals surface area contributed by atoms with E-state index in [0.29, 0.717) is 6.04 Å². The van der Waals surface area contributed by atoms with Crippen molar-refractivity contribution in [3.05, 3.63) is 29.0 Å². The van der Waals surface area contributed by atoms with Crippen LogP contribution in [0.3, 0.4) is 0 Å². The highest BCUT2D eigenvalue weighted by atomic mass is 35.5. The lowest BCUT2D eigenvalue weighted by atomic mass is 10.1. The van der Waals surface area contributed by atoms with E-state index in [1.807, 2.05) is 0 Å². The highest BCUT2D eigenvalue weighted by molar-refractivity contribution is 6.31. The minimum Gasteiger partial charge on any atom is -0.382 e. The number of nitrogens with one attached hydrogen (secondary N) is 2. The second-order valence-corrected chi connectivity index (χ2v) is 4.87. The van der Waals surface area contributed by atoms with Crippen molar-refractivity contribution >= 4 is 17.3 Å². The predicted molar refractivity (Wildman–Crippen MR) is 68.9 cm³/mol. The van der Waals surface area contributed by atoms with Crippen molar-refractivity contribution in [2.45, 2.75) is 24.9 Å². The number of halogens is 2. The van der Waals surface area contributed by atoms with Gasteiger partial charge >= 0.3 is 0 Å². The monoisotopic (exact) mass is 257 g/mol. The van der Waals surface area contributed by atoms with Crippen LogP contribution in [-0.2, 0) is 0 Å². The first-order valence-electron chi connectivity index (χ1n) is 5.83. The molecule has 2 unspecified atom stereocenters. The van der Waals surface area contributed by atoms with Gasteiger partial charge in [0.05, 0.1) is 5.02 Å². The summed E-state index contributed by atoms with van der Waals surface area (Å²) in [5.41, 5.74) is 6.79. The van der Waals surface area contributed by atoms with E-state index in [4.69, 9.17) is 17.3 Å². The zero-order valence-corrected chi connectivity index (χ0v) is 10.3. The van der Waals surface area contributed by atoms with Gasteiger partial charge in [0.15, 0.2) is 0 Å². The van der Waals surface area contributed by atoms with Crippen LogP contribution in [0.15, 0.2) is 18.2 Å². The summed E-state index contributed by atoms with van der Waals surface area (Å²) in [7, 11) is 0. The van der Waals surface area contributed by atoms with Gasteiger partial charge in [0, 0.05) is 24.3 Å². The van der Waals surface area contributed by atoms with Crippen molar-refractivity contribution in [2.24, 2.45) is 5.73 Å². The first-order valence-corrected chi connectivity index (χ1v) is 6.21. The molecule has 4 N–H and O–H groups in total. The van der Waals surface area contributed by atoms with Crippen molar-refractivity contribution in [3.63, 3.8) is 0 Å². The summed E-state index contributed by atoms with van der Waals surface area (Å²) < 4.78 is 13.0. The first-order chi connectivity index (χ1) is 8.15.